The molecule has 186 valence electrons. The third-order valence-corrected chi connectivity index (χ3v) is 7.52. The van der Waals surface area contributed by atoms with E-state index in [1.165, 1.54) is 103 Å². The van der Waals surface area contributed by atoms with Crippen molar-refractivity contribution in [3.63, 3.8) is 0 Å². The number of quaternary nitrogens is 1. The Labute approximate surface area is 195 Å². The second-order valence-corrected chi connectivity index (χ2v) is 10.8. The number of hydrogen-bond donors (Lipinski definition) is 1. The molecule has 0 radical (unpaired) electrons. The molecule has 0 aliphatic carbocycles. The number of hydrogen-bond acceptors (Lipinski definition) is 2. The first-order valence-corrected chi connectivity index (χ1v) is 13.9. The first-order chi connectivity index (χ1) is 14.8. The van der Waals surface area contributed by atoms with Crippen molar-refractivity contribution in [2.24, 2.45) is 5.41 Å². The topological polar surface area (TPSA) is 67.8 Å². The van der Waals surface area contributed by atoms with Gasteiger partial charge < -0.3 is 15.6 Å². The second-order valence-electron chi connectivity index (χ2n) is 10.8. The van der Waals surface area contributed by atoms with E-state index in [0.29, 0.717) is 6.42 Å². The molecule has 3 heteroatoms. The number of unbranched alkanes of at least 4 members (excludes halogenated alkanes) is 17. The van der Waals surface area contributed by atoms with Crippen molar-refractivity contribution in [2.75, 3.05) is 0 Å². The largest absolute Gasteiger partial charge is 0.544 e. The summed E-state index contributed by atoms with van der Waals surface area (Å²) in [6, 6.07) is 0. The van der Waals surface area contributed by atoms with Crippen LogP contribution in [0.5, 0.6) is 0 Å². The first kappa shape index (κ1) is 30.4. The number of carbonyl (C=O) groups excluding carboxylic acids is 1. The summed E-state index contributed by atoms with van der Waals surface area (Å²) in [6.07, 6.45) is 26.8. The highest BCUT2D eigenvalue weighted by atomic mass is 16.4. The van der Waals surface area contributed by atoms with Crippen molar-refractivity contribution in [3.05, 3.63) is 0 Å². The lowest BCUT2D eigenvalue weighted by atomic mass is 9.67. The van der Waals surface area contributed by atoms with Crippen LogP contribution >= 0.6 is 0 Å². The Kier molecular flexibility index (Phi) is 18.6. The molecule has 1 unspecified atom stereocenters. The summed E-state index contributed by atoms with van der Waals surface area (Å²) in [5.74, 6) is -0.974. The van der Waals surface area contributed by atoms with E-state index < -0.39 is 11.5 Å². The Hall–Kier alpha value is -0.570. The lowest BCUT2D eigenvalue weighted by Crippen LogP contribution is -2.84. The zero-order valence-electron chi connectivity index (χ0n) is 21.9. The van der Waals surface area contributed by atoms with E-state index in [4.69, 9.17) is 0 Å². The molecule has 0 rings (SSSR count). The molecule has 3 nitrogen and oxygen atoms in total. The fourth-order valence-corrected chi connectivity index (χ4v) is 4.91. The van der Waals surface area contributed by atoms with E-state index in [1.54, 1.807) is 0 Å². The average molecular weight is 440 g/mol. The van der Waals surface area contributed by atoms with E-state index in [1.807, 2.05) is 13.8 Å². The van der Waals surface area contributed by atoms with Crippen LogP contribution in [-0.2, 0) is 4.79 Å². The van der Waals surface area contributed by atoms with Gasteiger partial charge >= 0.3 is 0 Å². The van der Waals surface area contributed by atoms with Gasteiger partial charge in [0.25, 0.3) is 0 Å². The average Bonchev–Trinajstić information content (AvgIpc) is 2.72. The van der Waals surface area contributed by atoms with Crippen LogP contribution in [0.15, 0.2) is 0 Å². The highest BCUT2D eigenvalue weighted by Crippen LogP contribution is 2.35. The van der Waals surface area contributed by atoms with Crippen LogP contribution in [0.4, 0.5) is 0 Å². The Morgan fingerprint density at radius 2 is 0.903 bits per heavy atom. The lowest BCUT2D eigenvalue weighted by Gasteiger charge is -2.41. The van der Waals surface area contributed by atoms with Crippen molar-refractivity contribution in [1.82, 2.24) is 0 Å². The smallest absolute Gasteiger partial charge is 0.140 e. The minimum atomic E-state index is -0.974. The molecule has 0 bridgehead atoms. The molecule has 1 atom stereocenters. The number of carboxylic acid groups (broad SMARTS) is 1. The predicted octanol–water partition coefficient (Wildman–Crippen LogP) is 6.98. The Bertz CT molecular complexity index is 421. The van der Waals surface area contributed by atoms with Gasteiger partial charge in [-0.2, -0.15) is 0 Å². The molecular formula is C28H57NO2. The molecule has 3 N–H and O–H groups in total. The summed E-state index contributed by atoms with van der Waals surface area (Å²) < 4.78 is 0. The van der Waals surface area contributed by atoms with Crippen LogP contribution in [-0.4, -0.2) is 11.5 Å². The molecular weight excluding hydrogens is 382 g/mol. The van der Waals surface area contributed by atoms with Crippen LogP contribution in [0.25, 0.3) is 0 Å². The van der Waals surface area contributed by atoms with Gasteiger partial charge in [-0.05, 0) is 12.8 Å². The summed E-state index contributed by atoms with van der Waals surface area (Å²) >= 11 is 0. The van der Waals surface area contributed by atoms with Crippen molar-refractivity contribution in [3.8, 4) is 0 Å². The van der Waals surface area contributed by atoms with Gasteiger partial charge in [0.1, 0.15) is 11.5 Å². The summed E-state index contributed by atoms with van der Waals surface area (Å²) in [7, 11) is 0. The minimum absolute atomic E-state index is 0.310. The van der Waals surface area contributed by atoms with Gasteiger partial charge in [-0.3, -0.25) is 0 Å². The fourth-order valence-electron chi connectivity index (χ4n) is 4.91. The van der Waals surface area contributed by atoms with Gasteiger partial charge in [0.05, 0.1) is 0 Å². The van der Waals surface area contributed by atoms with Gasteiger partial charge in [0.15, 0.2) is 0 Å². The molecule has 0 saturated carbocycles. The number of carbonyl (C=O) groups is 1. The van der Waals surface area contributed by atoms with Crippen molar-refractivity contribution in [2.45, 2.75) is 168 Å². The van der Waals surface area contributed by atoms with Crippen LogP contribution in [0.1, 0.15) is 163 Å². The van der Waals surface area contributed by atoms with Crippen molar-refractivity contribution in [1.29, 1.82) is 0 Å². The number of carboxylic acids is 1. The van der Waals surface area contributed by atoms with Crippen molar-refractivity contribution >= 4 is 5.97 Å². The zero-order chi connectivity index (χ0) is 23.4. The van der Waals surface area contributed by atoms with Gasteiger partial charge in [-0.15, -0.1) is 0 Å². The fraction of sp³-hybridized carbons (Fsp3) is 0.964. The van der Waals surface area contributed by atoms with Crippen molar-refractivity contribution < 1.29 is 15.6 Å². The number of aliphatic carboxylic acids is 1. The van der Waals surface area contributed by atoms with E-state index in [0.717, 1.165) is 25.7 Å². The summed E-state index contributed by atoms with van der Waals surface area (Å²) in [5.41, 5.74) is 2.84. The third-order valence-electron chi connectivity index (χ3n) is 7.52. The van der Waals surface area contributed by atoms with E-state index in [-0.39, 0.29) is 5.41 Å². The lowest BCUT2D eigenvalue weighted by molar-refractivity contribution is -0.512. The summed E-state index contributed by atoms with van der Waals surface area (Å²) in [6.45, 7) is 8.46. The Morgan fingerprint density at radius 1 is 0.581 bits per heavy atom. The predicted molar refractivity (Wildman–Crippen MR) is 133 cm³/mol. The van der Waals surface area contributed by atoms with Crippen LogP contribution in [0.2, 0.25) is 0 Å². The monoisotopic (exact) mass is 439 g/mol. The normalized spacial score (nSPS) is 14.0. The molecule has 0 aliphatic rings. The Morgan fingerprint density at radius 3 is 1.19 bits per heavy atom. The highest BCUT2D eigenvalue weighted by molar-refractivity contribution is 5.75. The maximum absolute atomic E-state index is 11.8. The quantitative estimate of drug-likeness (QED) is 0.175. The Balaban J connectivity index is 3.54. The third kappa shape index (κ3) is 14.2. The maximum Gasteiger partial charge on any atom is 0.140 e. The van der Waals surface area contributed by atoms with Crippen LogP contribution in [0.3, 0.4) is 0 Å². The number of rotatable bonds is 23. The molecule has 0 saturated heterocycles. The molecule has 0 aromatic carbocycles. The highest BCUT2D eigenvalue weighted by Gasteiger charge is 2.45. The molecule has 31 heavy (non-hydrogen) atoms. The molecule has 0 fully saturated rings. The molecule has 0 spiro atoms. The van der Waals surface area contributed by atoms with E-state index in [9.17, 15) is 9.90 Å². The van der Waals surface area contributed by atoms with E-state index in [2.05, 4.69) is 19.6 Å². The summed E-state index contributed by atoms with van der Waals surface area (Å²) in [4.78, 5) is 11.8. The van der Waals surface area contributed by atoms with Gasteiger partial charge in [-0.1, -0.05) is 143 Å². The maximum atomic E-state index is 11.8. The first-order valence-electron chi connectivity index (χ1n) is 13.9. The van der Waals surface area contributed by atoms with E-state index >= 15 is 0 Å². The van der Waals surface area contributed by atoms with Crippen LogP contribution in [0, 0.1) is 5.41 Å². The second kappa shape index (κ2) is 18.9. The standard InChI is InChI=1S/C28H57NO2/c1-5-7-8-9-10-11-12-13-14-15-16-17-18-19-20-21-22-23-25-28(29,26(30)31)27(3,4)24-6-2/h5-25,29H2,1-4H3,(H,30,31). The SMILES string of the molecule is CCCCCCCCCCCCCCCCCCCCC([NH3+])(C(=O)[O-])C(C)(C)CCC. The van der Waals surface area contributed by atoms with Gasteiger partial charge in [-0.25, -0.2) is 0 Å². The minimum Gasteiger partial charge on any atom is -0.544 e. The molecule has 0 aromatic rings. The molecule has 0 heterocycles. The summed E-state index contributed by atoms with van der Waals surface area (Å²) in [5, 5.41) is 11.8. The molecule has 0 amide bonds. The van der Waals surface area contributed by atoms with Gasteiger partial charge in [0.2, 0.25) is 0 Å². The molecule has 0 aromatic heterocycles. The zero-order valence-corrected chi connectivity index (χ0v) is 21.9. The molecule has 0 aliphatic heterocycles. The van der Waals surface area contributed by atoms with Crippen LogP contribution < -0.4 is 10.8 Å². The van der Waals surface area contributed by atoms with Gasteiger partial charge in [0, 0.05) is 11.8 Å².